The van der Waals surface area contributed by atoms with Crippen LogP contribution >= 0.6 is 0 Å². The first-order valence-electron chi connectivity index (χ1n) is 5.49. The molecule has 0 bridgehead atoms. The molecule has 1 aliphatic heterocycles. The summed E-state index contributed by atoms with van der Waals surface area (Å²) in [6, 6.07) is 2.81. The molecule has 0 saturated heterocycles. The first kappa shape index (κ1) is 11.2. The van der Waals surface area contributed by atoms with Crippen LogP contribution in [0.3, 0.4) is 0 Å². The molecule has 1 N–H and O–H groups in total. The van der Waals surface area contributed by atoms with Crippen molar-refractivity contribution in [3.8, 4) is 11.5 Å². The van der Waals surface area contributed by atoms with Crippen molar-refractivity contribution in [2.45, 2.75) is 25.9 Å². The molecule has 0 spiro atoms. The molecular weight excluding hydrogens is 211 g/mol. The van der Waals surface area contributed by atoms with Crippen LogP contribution in [0.2, 0.25) is 0 Å². The van der Waals surface area contributed by atoms with Crippen molar-refractivity contribution in [3.05, 3.63) is 23.5 Å². The van der Waals surface area contributed by atoms with E-state index >= 15 is 0 Å². The average Bonchev–Trinajstić information content (AvgIpc) is 2.28. The van der Waals surface area contributed by atoms with Crippen LogP contribution in [-0.2, 0) is 0 Å². The molecule has 1 aromatic rings. The van der Waals surface area contributed by atoms with E-state index in [0.717, 1.165) is 6.42 Å². The lowest BCUT2D eigenvalue weighted by Gasteiger charge is -2.20. The lowest BCUT2D eigenvalue weighted by Crippen LogP contribution is -2.16. The lowest BCUT2D eigenvalue weighted by molar-refractivity contribution is 0.154. The van der Waals surface area contributed by atoms with Gasteiger partial charge in [-0.2, -0.15) is 0 Å². The number of ether oxygens (including phenoxy) is 2. The van der Waals surface area contributed by atoms with Gasteiger partial charge >= 0.3 is 0 Å². The highest BCUT2D eigenvalue weighted by Gasteiger charge is 2.19. The maximum Gasteiger partial charge on any atom is 0.164 e. The van der Waals surface area contributed by atoms with Crippen molar-refractivity contribution in [3.63, 3.8) is 0 Å². The standard InChI is InChI=1S/C12H15FO3/c1-2-3-10(14)8-6-11-12(7-9(8)13)16-5-4-15-11/h6-7,10,14H,2-5H2,1H3. The van der Waals surface area contributed by atoms with Gasteiger partial charge in [0.15, 0.2) is 11.5 Å². The van der Waals surface area contributed by atoms with Gasteiger partial charge in [0.2, 0.25) is 0 Å². The van der Waals surface area contributed by atoms with Crippen LogP contribution in [0.4, 0.5) is 4.39 Å². The third-order valence-corrected chi connectivity index (χ3v) is 2.58. The molecule has 2 rings (SSSR count). The maximum atomic E-state index is 13.7. The molecule has 0 saturated carbocycles. The van der Waals surface area contributed by atoms with Gasteiger partial charge in [-0.1, -0.05) is 13.3 Å². The van der Waals surface area contributed by atoms with Crippen LogP contribution in [0.15, 0.2) is 12.1 Å². The lowest BCUT2D eigenvalue weighted by atomic mass is 10.0. The van der Waals surface area contributed by atoms with Gasteiger partial charge in [0, 0.05) is 11.6 Å². The van der Waals surface area contributed by atoms with Gasteiger partial charge in [-0.15, -0.1) is 0 Å². The fraction of sp³-hybridized carbons (Fsp3) is 0.500. The second-order valence-electron chi connectivity index (χ2n) is 3.82. The Morgan fingerprint density at radius 3 is 2.56 bits per heavy atom. The van der Waals surface area contributed by atoms with Gasteiger partial charge < -0.3 is 14.6 Å². The fourth-order valence-electron chi connectivity index (χ4n) is 1.76. The first-order valence-corrected chi connectivity index (χ1v) is 5.49. The first-order chi connectivity index (χ1) is 7.72. The Labute approximate surface area is 93.8 Å². The predicted molar refractivity (Wildman–Crippen MR) is 57.3 cm³/mol. The van der Waals surface area contributed by atoms with Crippen LogP contribution in [0, 0.1) is 5.82 Å². The van der Waals surface area contributed by atoms with E-state index < -0.39 is 11.9 Å². The molecular formula is C12H15FO3. The number of benzene rings is 1. The molecule has 0 aliphatic carbocycles. The van der Waals surface area contributed by atoms with Crippen LogP contribution in [0.5, 0.6) is 11.5 Å². The van der Waals surface area contributed by atoms with Gasteiger partial charge in [-0.3, -0.25) is 0 Å². The Bertz CT molecular complexity index is 379. The highest BCUT2D eigenvalue weighted by Crippen LogP contribution is 2.35. The Hall–Kier alpha value is -1.29. The Balaban J connectivity index is 2.31. The summed E-state index contributed by atoms with van der Waals surface area (Å²) in [7, 11) is 0. The molecule has 1 heterocycles. The molecule has 0 fully saturated rings. The van der Waals surface area contributed by atoms with E-state index in [-0.39, 0.29) is 5.56 Å². The molecule has 1 aromatic carbocycles. The summed E-state index contributed by atoms with van der Waals surface area (Å²) >= 11 is 0. The Morgan fingerprint density at radius 1 is 1.31 bits per heavy atom. The molecule has 0 amide bonds. The second kappa shape index (κ2) is 4.70. The third-order valence-electron chi connectivity index (χ3n) is 2.58. The monoisotopic (exact) mass is 226 g/mol. The topological polar surface area (TPSA) is 38.7 Å². The van der Waals surface area contributed by atoms with E-state index in [1.165, 1.54) is 12.1 Å². The van der Waals surface area contributed by atoms with Crippen molar-refractivity contribution in [2.24, 2.45) is 0 Å². The van der Waals surface area contributed by atoms with Crippen LogP contribution < -0.4 is 9.47 Å². The maximum absolute atomic E-state index is 13.7. The van der Waals surface area contributed by atoms with E-state index in [1.54, 1.807) is 0 Å². The molecule has 0 aromatic heterocycles. The highest BCUT2D eigenvalue weighted by molar-refractivity contribution is 5.45. The van der Waals surface area contributed by atoms with E-state index in [1.807, 2.05) is 6.92 Å². The van der Waals surface area contributed by atoms with Crippen LogP contribution in [0.1, 0.15) is 31.4 Å². The van der Waals surface area contributed by atoms with E-state index in [4.69, 9.17) is 9.47 Å². The Kier molecular flexibility index (Phi) is 3.29. The van der Waals surface area contributed by atoms with Crippen molar-refractivity contribution in [1.82, 2.24) is 0 Å². The summed E-state index contributed by atoms with van der Waals surface area (Å²) in [6.45, 7) is 2.84. The zero-order valence-electron chi connectivity index (χ0n) is 9.20. The molecule has 16 heavy (non-hydrogen) atoms. The summed E-state index contributed by atoms with van der Waals surface area (Å²) in [4.78, 5) is 0. The number of hydrogen-bond donors (Lipinski definition) is 1. The summed E-state index contributed by atoms with van der Waals surface area (Å²) in [5.74, 6) is 0.485. The summed E-state index contributed by atoms with van der Waals surface area (Å²) in [5, 5.41) is 9.77. The van der Waals surface area contributed by atoms with E-state index in [9.17, 15) is 9.50 Å². The molecule has 1 aliphatic rings. The smallest absolute Gasteiger partial charge is 0.164 e. The zero-order valence-corrected chi connectivity index (χ0v) is 9.20. The molecule has 3 nitrogen and oxygen atoms in total. The SMILES string of the molecule is CCCC(O)c1cc2c(cc1F)OCCO2. The van der Waals surface area contributed by atoms with E-state index in [2.05, 4.69) is 0 Å². The van der Waals surface area contributed by atoms with E-state index in [0.29, 0.717) is 31.1 Å². The number of rotatable bonds is 3. The van der Waals surface area contributed by atoms with Crippen molar-refractivity contribution in [1.29, 1.82) is 0 Å². The Morgan fingerprint density at radius 2 is 1.94 bits per heavy atom. The van der Waals surface area contributed by atoms with Crippen molar-refractivity contribution in [2.75, 3.05) is 13.2 Å². The molecule has 1 atom stereocenters. The molecule has 88 valence electrons. The van der Waals surface area contributed by atoms with Gasteiger partial charge in [0.1, 0.15) is 19.0 Å². The number of hydrogen-bond acceptors (Lipinski definition) is 3. The minimum atomic E-state index is -0.777. The largest absolute Gasteiger partial charge is 0.486 e. The van der Waals surface area contributed by atoms with Gasteiger partial charge in [-0.05, 0) is 12.5 Å². The molecule has 1 unspecified atom stereocenters. The zero-order chi connectivity index (χ0) is 11.5. The summed E-state index contributed by atoms with van der Waals surface area (Å²) < 4.78 is 24.3. The van der Waals surface area contributed by atoms with Crippen LogP contribution in [-0.4, -0.2) is 18.3 Å². The van der Waals surface area contributed by atoms with Gasteiger partial charge in [0.05, 0.1) is 6.10 Å². The second-order valence-corrected chi connectivity index (χ2v) is 3.82. The fourth-order valence-corrected chi connectivity index (χ4v) is 1.76. The number of aliphatic hydroxyl groups is 1. The number of aliphatic hydroxyl groups excluding tert-OH is 1. The molecule has 4 heteroatoms. The minimum Gasteiger partial charge on any atom is -0.486 e. The number of halogens is 1. The van der Waals surface area contributed by atoms with Gasteiger partial charge in [0.25, 0.3) is 0 Å². The number of fused-ring (bicyclic) bond motifs is 1. The minimum absolute atomic E-state index is 0.283. The summed E-state index contributed by atoms with van der Waals surface area (Å²) in [5.41, 5.74) is 0.283. The van der Waals surface area contributed by atoms with Crippen molar-refractivity contribution < 1.29 is 19.0 Å². The van der Waals surface area contributed by atoms with Gasteiger partial charge in [-0.25, -0.2) is 4.39 Å². The average molecular weight is 226 g/mol. The van der Waals surface area contributed by atoms with Crippen LogP contribution in [0.25, 0.3) is 0 Å². The summed E-state index contributed by atoms with van der Waals surface area (Å²) in [6.07, 6.45) is 0.562. The predicted octanol–water partition coefficient (Wildman–Crippen LogP) is 2.43. The quantitative estimate of drug-likeness (QED) is 0.860. The normalized spacial score (nSPS) is 15.9. The highest BCUT2D eigenvalue weighted by atomic mass is 19.1. The molecule has 0 radical (unpaired) electrons. The van der Waals surface area contributed by atoms with Crippen molar-refractivity contribution >= 4 is 0 Å². The third kappa shape index (κ3) is 2.11.